The molecule has 1 aliphatic carbocycles. The SMILES string of the molecule is CN(c1ccc(F)cc1)c1ccc(CNC2CC2)c(Cl)c1. The third kappa shape index (κ3) is 3.55. The van der Waals surface area contributed by atoms with Crippen LogP contribution in [0, 0.1) is 5.82 Å². The second kappa shape index (κ2) is 6.04. The summed E-state index contributed by atoms with van der Waals surface area (Å²) >= 11 is 6.36. The number of hydrogen-bond acceptors (Lipinski definition) is 2. The number of nitrogens with one attached hydrogen (secondary N) is 1. The third-order valence-electron chi connectivity index (χ3n) is 3.80. The molecule has 0 atom stereocenters. The molecule has 0 unspecified atom stereocenters. The van der Waals surface area contributed by atoms with E-state index in [4.69, 9.17) is 11.6 Å². The fourth-order valence-corrected chi connectivity index (χ4v) is 2.49. The molecule has 1 saturated carbocycles. The van der Waals surface area contributed by atoms with E-state index in [9.17, 15) is 4.39 Å². The topological polar surface area (TPSA) is 15.3 Å². The first-order valence-electron chi connectivity index (χ1n) is 7.14. The van der Waals surface area contributed by atoms with Crippen molar-refractivity contribution in [3.05, 3.63) is 58.9 Å². The average molecular weight is 305 g/mol. The summed E-state index contributed by atoms with van der Waals surface area (Å²) in [6, 6.07) is 13.1. The first kappa shape index (κ1) is 14.4. The highest BCUT2D eigenvalue weighted by Gasteiger charge is 2.20. The summed E-state index contributed by atoms with van der Waals surface area (Å²) in [5.41, 5.74) is 3.03. The monoisotopic (exact) mass is 304 g/mol. The number of hydrogen-bond donors (Lipinski definition) is 1. The van der Waals surface area contributed by atoms with Gasteiger partial charge in [0, 0.05) is 36.0 Å². The molecule has 21 heavy (non-hydrogen) atoms. The van der Waals surface area contributed by atoms with Crippen LogP contribution in [0.5, 0.6) is 0 Å². The first-order chi connectivity index (χ1) is 10.1. The number of benzene rings is 2. The lowest BCUT2D eigenvalue weighted by Crippen LogP contribution is -2.16. The number of nitrogens with zero attached hydrogens (tertiary/aromatic N) is 1. The summed E-state index contributed by atoms with van der Waals surface area (Å²) in [6.07, 6.45) is 2.53. The van der Waals surface area contributed by atoms with Crippen LogP contribution >= 0.6 is 11.6 Å². The van der Waals surface area contributed by atoms with Crippen LogP contribution in [0.4, 0.5) is 15.8 Å². The van der Waals surface area contributed by atoms with Gasteiger partial charge in [0.25, 0.3) is 0 Å². The lowest BCUT2D eigenvalue weighted by Gasteiger charge is -2.20. The second-order valence-corrected chi connectivity index (χ2v) is 5.87. The molecule has 0 radical (unpaired) electrons. The third-order valence-corrected chi connectivity index (χ3v) is 4.15. The maximum absolute atomic E-state index is 13.0. The summed E-state index contributed by atoms with van der Waals surface area (Å²) in [6.45, 7) is 0.810. The maximum atomic E-state index is 13.0. The molecule has 0 saturated heterocycles. The van der Waals surface area contributed by atoms with E-state index in [0.29, 0.717) is 6.04 Å². The summed E-state index contributed by atoms with van der Waals surface area (Å²) in [4.78, 5) is 1.99. The van der Waals surface area contributed by atoms with Gasteiger partial charge in [0.1, 0.15) is 5.82 Å². The minimum Gasteiger partial charge on any atom is -0.345 e. The summed E-state index contributed by atoms with van der Waals surface area (Å²) in [5, 5.41) is 4.22. The molecule has 2 aromatic carbocycles. The Bertz CT molecular complexity index is 623. The van der Waals surface area contributed by atoms with Crippen LogP contribution in [-0.4, -0.2) is 13.1 Å². The van der Waals surface area contributed by atoms with Gasteiger partial charge in [-0.3, -0.25) is 0 Å². The molecule has 0 aromatic heterocycles. The van der Waals surface area contributed by atoms with E-state index in [-0.39, 0.29) is 5.82 Å². The van der Waals surface area contributed by atoms with Gasteiger partial charge in [0.15, 0.2) is 0 Å². The molecule has 1 fully saturated rings. The fraction of sp³-hybridized carbons (Fsp3) is 0.294. The lowest BCUT2D eigenvalue weighted by atomic mass is 10.1. The number of anilines is 2. The van der Waals surface area contributed by atoms with Gasteiger partial charge < -0.3 is 10.2 Å². The second-order valence-electron chi connectivity index (χ2n) is 5.47. The molecule has 4 heteroatoms. The highest BCUT2D eigenvalue weighted by molar-refractivity contribution is 6.31. The van der Waals surface area contributed by atoms with Crippen LogP contribution in [0.25, 0.3) is 0 Å². The fourth-order valence-electron chi connectivity index (χ4n) is 2.24. The summed E-state index contributed by atoms with van der Waals surface area (Å²) < 4.78 is 13.0. The molecule has 0 amide bonds. The zero-order valence-electron chi connectivity index (χ0n) is 11.9. The minimum absolute atomic E-state index is 0.230. The van der Waals surface area contributed by atoms with Crippen molar-refractivity contribution in [3.63, 3.8) is 0 Å². The van der Waals surface area contributed by atoms with Crippen LogP contribution in [0.15, 0.2) is 42.5 Å². The van der Waals surface area contributed by atoms with Crippen molar-refractivity contribution in [1.29, 1.82) is 0 Å². The summed E-state index contributed by atoms with van der Waals surface area (Å²) in [7, 11) is 1.95. The van der Waals surface area contributed by atoms with Crippen molar-refractivity contribution in [2.75, 3.05) is 11.9 Å². The quantitative estimate of drug-likeness (QED) is 0.875. The van der Waals surface area contributed by atoms with E-state index in [1.54, 1.807) is 12.1 Å². The Balaban J connectivity index is 1.75. The minimum atomic E-state index is -0.230. The van der Waals surface area contributed by atoms with E-state index in [0.717, 1.165) is 28.5 Å². The Morgan fingerprint density at radius 3 is 2.43 bits per heavy atom. The van der Waals surface area contributed by atoms with Crippen molar-refractivity contribution < 1.29 is 4.39 Å². The number of rotatable bonds is 5. The van der Waals surface area contributed by atoms with Gasteiger partial charge >= 0.3 is 0 Å². The van der Waals surface area contributed by atoms with Gasteiger partial charge in [-0.25, -0.2) is 4.39 Å². The van der Waals surface area contributed by atoms with Crippen molar-refractivity contribution in [2.45, 2.75) is 25.4 Å². The van der Waals surface area contributed by atoms with Gasteiger partial charge in [0.05, 0.1) is 0 Å². The average Bonchev–Trinajstić information content (AvgIpc) is 3.30. The molecule has 2 nitrogen and oxygen atoms in total. The van der Waals surface area contributed by atoms with Crippen LogP contribution in [0.2, 0.25) is 5.02 Å². The number of halogens is 2. The van der Waals surface area contributed by atoms with Crippen molar-refractivity contribution in [3.8, 4) is 0 Å². The van der Waals surface area contributed by atoms with Crippen molar-refractivity contribution in [2.24, 2.45) is 0 Å². The van der Waals surface area contributed by atoms with Crippen LogP contribution in [-0.2, 0) is 6.54 Å². The predicted octanol–water partition coefficient (Wildman–Crippen LogP) is 4.50. The molecule has 1 aliphatic rings. The molecule has 0 heterocycles. The van der Waals surface area contributed by atoms with E-state index >= 15 is 0 Å². The van der Waals surface area contributed by atoms with E-state index < -0.39 is 0 Å². The first-order valence-corrected chi connectivity index (χ1v) is 7.52. The standard InChI is InChI=1S/C17H18ClFN2/c1-21(15-8-3-13(19)4-9-15)16-7-2-12(17(18)10-16)11-20-14-5-6-14/h2-4,7-10,14,20H,5-6,11H2,1H3. The Morgan fingerprint density at radius 2 is 1.81 bits per heavy atom. The maximum Gasteiger partial charge on any atom is 0.123 e. The molecule has 2 aromatic rings. The summed E-state index contributed by atoms with van der Waals surface area (Å²) in [5.74, 6) is -0.230. The van der Waals surface area contributed by atoms with Crippen molar-refractivity contribution >= 4 is 23.0 Å². The van der Waals surface area contributed by atoms with E-state index in [1.807, 2.05) is 30.1 Å². The Hall–Kier alpha value is -1.58. The van der Waals surface area contributed by atoms with E-state index in [2.05, 4.69) is 5.32 Å². The molecular weight excluding hydrogens is 287 g/mol. The van der Waals surface area contributed by atoms with Crippen LogP contribution < -0.4 is 10.2 Å². The highest BCUT2D eigenvalue weighted by atomic mass is 35.5. The lowest BCUT2D eigenvalue weighted by molar-refractivity contribution is 0.628. The van der Waals surface area contributed by atoms with Gasteiger partial charge in [0.2, 0.25) is 0 Å². The Kier molecular flexibility index (Phi) is 4.13. The van der Waals surface area contributed by atoms with Crippen molar-refractivity contribution in [1.82, 2.24) is 5.32 Å². The molecule has 1 N–H and O–H groups in total. The largest absolute Gasteiger partial charge is 0.345 e. The van der Waals surface area contributed by atoms with Gasteiger partial charge in [-0.05, 0) is 54.8 Å². The van der Waals surface area contributed by atoms with Gasteiger partial charge in [-0.1, -0.05) is 17.7 Å². The Morgan fingerprint density at radius 1 is 1.14 bits per heavy atom. The zero-order valence-corrected chi connectivity index (χ0v) is 12.7. The molecule has 3 rings (SSSR count). The smallest absolute Gasteiger partial charge is 0.123 e. The Labute approximate surface area is 129 Å². The van der Waals surface area contributed by atoms with Crippen LogP contribution in [0.1, 0.15) is 18.4 Å². The normalized spacial score (nSPS) is 14.2. The molecule has 0 bridgehead atoms. The molecule has 0 aliphatic heterocycles. The molecule has 110 valence electrons. The predicted molar refractivity (Wildman–Crippen MR) is 85.8 cm³/mol. The van der Waals surface area contributed by atoms with E-state index in [1.165, 1.54) is 25.0 Å². The highest BCUT2D eigenvalue weighted by Crippen LogP contribution is 2.29. The van der Waals surface area contributed by atoms with Crippen LogP contribution in [0.3, 0.4) is 0 Å². The van der Waals surface area contributed by atoms with Gasteiger partial charge in [-0.2, -0.15) is 0 Å². The molecular formula is C17H18ClFN2. The van der Waals surface area contributed by atoms with Gasteiger partial charge in [-0.15, -0.1) is 0 Å². The molecule has 0 spiro atoms. The zero-order chi connectivity index (χ0) is 14.8.